The Morgan fingerprint density at radius 2 is 2.00 bits per heavy atom. The fraction of sp³-hybridized carbons (Fsp3) is 0.714. The van der Waals surface area contributed by atoms with E-state index in [1.165, 1.54) is 0 Å². The van der Waals surface area contributed by atoms with E-state index in [1.54, 1.807) is 0 Å². The second-order valence-electron chi connectivity index (χ2n) is 2.80. The quantitative estimate of drug-likeness (QED) is 0.349. The van der Waals surface area contributed by atoms with E-state index in [4.69, 9.17) is 10.2 Å². The van der Waals surface area contributed by atoms with Gasteiger partial charge in [-0.1, -0.05) is 0 Å². The third-order valence-corrected chi connectivity index (χ3v) is 2.20. The summed E-state index contributed by atoms with van der Waals surface area (Å²) in [5.41, 5.74) is -1.37. The Labute approximate surface area is 68.9 Å². The number of aliphatic hydroxyl groups excluding tert-OH is 1. The molecule has 0 saturated heterocycles. The molecule has 0 aliphatic heterocycles. The zero-order valence-corrected chi connectivity index (χ0v) is 6.45. The molecule has 0 amide bonds. The average molecular weight is 174 g/mol. The molecule has 0 radical (unpaired) electrons. The highest BCUT2D eigenvalue weighted by atomic mass is 16.6. The van der Waals surface area contributed by atoms with Crippen LogP contribution in [0, 0.1) is 5.41 Å². The summed E-state index contributed by atoms with van der Waals surface area (Å²) < 4.78 is 4.25. The van der Waals surface area contributed by atoms with Gasteiger partial charge in [-0.3, -0.25) is 9.59 Å². The predicted octanol–water partition coefficient (Wildman–Crippen LogP) is -0.266. The van der Waals surface area contributed by atoms with Gasteiger partial charge in [0.15, 0.2) is 12.2 Å². The number of hydrogen-bond donors (Lipinski definition) is 2. The molecule has 68 valence electrons. The van der Waals surface area contributed by atoms with Crippen molar-refractivity contribution in [3.05, 3.63) is 0 Å². The molecule has 0 bridgehead atoms. The minimum atomic E-state index is -1.37. The van der Waals surface area contributed by atoms with Gasteiger partial charge in [-0.05, 0) is 19.3 Å². The summed E-state index contributed by atoms with van der Waals surface area (Å²) in [5, 5.41) is 17.0. The lowest BCUT2D eigenvalue weighted by atomic mass is 9.69. The van der Waals surface area contributed by atoms with E-state index in [1.807, 2.05) is 0 Å². The van der Waals surface area contributed by atoms with Crippen LogP contribution in [-0.2, 0) is 14.3 Å². The maximum absolute atomic E-state index is 11.0. The molecule has 2 N–H and O–H groups in total. The fourth-order valence-electron chi connectivity index (χ4n) is 1.23. The number of aliphatic hydroxyl groups is 1. The van der Waals surface area contributed by atoms with Crippen molar-refractivity contribution < 1.29 is 24.5 Å². The third kappa shape index (κ3) is 1.16. The number of carboxylic acids is 1. The Balaban J connectivity index is 2.67. The SMILES string of the molecule is O=C(O)C1(C(=O)OCO)CCC1. The molecule has 1 aliphatic rings. The first-order valence-electron chi connectivity index (χ1n) is 3.65. The summed E-state index contributed by atoms with van der Waals surface area (Å²) in [5.74, 6) is -1.99. The first-order valence-corrected chi connectivity index (χ1v) is 3.65. The topological polar surface area (TPSA) is 83.8 Å². The molecule has 1 fully saturated rings. The Hall–Kier alpha value is -1.10. The van der Waals surface area contributed by atoms with Gasteiger partial charge < -0.3 is 14.9 Å². The van der Waals surface area contributed by atoms with Crippen LogP contribution in [0.4, 0.5) is 0 Å². The lowest BCUT2D eigenvalue weighted by molar-refractivity contribution is -0.181. The minimum absolute atomic E-state index is 0.307. The van der Waals surface area contributed by atoms with Gasteiger partial charge >= 0.3 is 11.9 Å². The summed E-state index contributed by atoms with van der Waals surface area (Å²) >= 11 is 0. The van der Waals surface area contributed by atoms with Crippen LogP contribution in [0.2, 0.25) is 0 Å². The minimum Gasteiger partial charge on any atom is -0.480 e. The summed E-state index contributed by atoms with van der Waals surface area (Å²) in [6.45, 7) is -0.756. The van der Waals surface area contributed by atoms with Gasteiger partial charge in [0.1, 0.15) is 0 Å². The van der Waals surface area contributed by atoms with Crippen molar-refractivity contribution in [2.75, 3.05) is 6.79 Å². The van der Waals surface area contributed by atoms with Gasteiger partial charge in [0, 0.05) is 0 Å². The molecule has 0 heterocycles. The zero-order valence-electron chi connectivity index (χ0n) is 6.45. The Kier molecular flexibility index (Phi) is 2.32. The van der Waals surface area contributed by atoms with Crippen molar-refractivity contribution in [1.29, 1.82) is 0 Å². The molecule has 0 unspecified atom stereocenters. The van der Waals surface area contributed by atoms with Crippen LogP contribution in [0.15, 0.2) is 0 Å². The molecule has 1 saturated carbocycles. The fourth-order valence-corrected chi connectivity index (χ4v) is 1.23. The number of carbonyl (C=O) groups excluding carboxylic acids is 1. The smallest absolute Gasteiger partial charge is 0.325 e. The van der Waals surface area contributed by atoms with E-state index in [0.29, 0.717) is 19.3 Å². The Morgan fingerprint density at radius 3 is 2.25 bits per heavy atom. The average Bonchev–Trinajstić information content (AvgIpc) is 1.83. The molecular weight excluding hydrogens is 164 g/mol. The third-order valence-electron chi connectivity index (χ3n) is 2.20. The van der Waals surface area contributed by atoms with Crippen LogP contribution >= 0.6 is 0 Å². The van der Waals surface area contributed by atoms with Gasteiger partial charge in [0.2, 0.25) is 0 Å². The van der Waals surface area contributed by atoms with Crippen molar-refractivity contribution in [3.63, 3.8) is 0 Å². The predicted molar refractivity (Wildman–Crippen MR) is 37.1 cm³/mol. The monoisotopic (exact) mass is 174 g/mol. The molecule has 1 rings (SSSR count). The highest BCUT2D eigenvalue weighted by Crippen LogP contribution is 2.42. The largest absolute Gasteiger partial charge is 0.480 e. The maximum Gasteiger partial charge on any atom is 0.325 e. The number of hydrogen-bond acceptors (Lipinski definition) is 4. The van der Waals surface area contributed by atoms with E-state index in [2.05, 4.69) is 4.74 Å². The molecule has 5 nitrogen and oxygen atoms in total. The molecule has 12 heavy (non-hydrogen) atoms. The lowest BCUT2D eigenvalue weighted by Gasteiger charge is -2.34. The van der Waals surface area contributed by atoms with Crippen molar-refractivity contribution in [1.82, 2.24) is 0 Å². The standard InChI is InChI=1S/C7H10O5/c8-4-12-6(11)7(5(9)10)2-1-3-7/h8H,1-4H2,(H,9,10). The number of carbonyl (C=O) groups is 2. The van der Waals surface area contributed by atoms with E-state index in [0.717, 1.165) is 0 Å². The summed E-state index contributed by atoms with van der Waals surface area (Å²) in [6, 6.07) is 0. The van der Waals surface area contributed by atoms with E-state index >= 15 is 0 Å². The molecule has 5 heteroatoms. The van der Waals surface area contributed by atoms with E-state index < -0.39 is 24.1 Å². The first kappa shape index (κ1) is 8.99. The number of aliphatic carboxylic acids is 1. The lowest BCUT2D eigenvalue weighted by Crippen LogP contribution is -2.46. The van der Waals surface area contributed by atoms with Crippen molar-refractivity contribution in [2.24, 2.45) is 5.41 Å². The molecule has 1 aliphatic carbocycles. The highest BCUT2D eigenvalue weighted by Gasteiger charge is 2.52. The second-order valence-corrected chi connectivity index (χ2v) is 2.80. The molecular formula is C7H10O5. The van der Waals surface area contributed by atoms with Crippen LogP contribution in [0.1, 0.15) is 19.3 Å². The molecule has 0 spiro atoms. The number of ether oxygens (including phenoxy) is 1. The highest BCUT2D eigenvalue weighted by molar-refractivity contribution is 6.00. The first-order chi connectivity index (χ1) is 5.63. The molecule has 0 aromatic rings. The van der Waals surface area contributed by atoms with Crippen molar-refractivity contribution >= 4 is 11.9 Å². The normalized spacial score (nSPS) is 19.4. The number of carboxylic acid groups (broad SMARTS) is 1. The summed E-state index contributed by atoms with van der Waals surface area (Å²) in [6.07, 6.45) is 1.33. The number of rotatable bonds is 3. The van der Waals surface area contributed by atoms with Gasteiger partial charge in [-0.25, -0.2) is 0 Å². The summed E-state index contributed by atoms with van der Waals surface area (Å²) in [4.78, 5) is 21.7. The van der Waals surface area contributed by atoms with Crippen LogP contribution < -0.4 is 0 Å². The summed E-state index contributed by atoms with van der Waals surface area (Å²) in [7, 11) is 0. The molecule has 0 aromatic carbocycles. The molecule has 0 aromatic heterocycles. The van der Waals surface area contributed by atoms with Crippen LogP contribution in [-0.4, -0.2) is 28.9 Å². The Morgan fingerprint density at radius 1 is 1.42 bits per heavy atom. The molecule has 0 atom stereocenters. The van der Waals surface area contributed by atoms with E-state index in [-0.39, 0.29) is 0 Å². The van der Waals surface area contributed by atoms with Gasteiger partial charge in [-0.15, -0.1) is 0 Å². The number of esters is 1. The van der Waals surface area contributed by atoms with Gasteiger partial charge in [-0.2, -0.15) is 0 Å². The van der Waals surface area contributed by atoms with Gasteiger partial charge in [0.05, 0.1) is 0 Å². The Bertz CT molecular complexity index is 206. The second kappa shape index (κ2) is 3.10. The van der Waals surface area contributed by atoms with Gasteiger partial charge in [0.25, 0.3) is 0 Å². The maximum atomic E-state index is 11.0. The van der Waals surface area contributed by atoms with Crippen LogP contribution in [0.5, 0.6) is 0 Å². The van der Waals surface area contributed by atoms with Crippen LogP contribution in [0.25, 0.3) is 0 Å². The van der Waals surface area contributed by atoms with Crippen LogP contribution in [0.3, 0.4) is 0 Å². The van der Waals surface area contributed by atoms with Crippen molar-refractivity contribution in [3.8, 4) is 0 Å². The zero-order chi connectivity index (χ0) is 9.19. The van der Waals surface area contributed by atoms with E-state index in [9.17, 15) is 9.59 Å². The van der Waals surface area contributed by atoms with Crippen molar-refractivity contribution in [2.45, 2.75) is 19.3 Å².